The maximum atomic E-state index is 12.6. The number of carbonyl (C=O) groups is 8. The van der Waals surface area contributed by atoms with E-state index in [9.17, 15) is 56.3 Å². The summed E-state index contributed by atoms with van der Waals surface area (Å²) >= 11 is 0. The molecule has 6 atom stereocenters. The van der Waals surface area contributed by atoms with Gasteiger partial charge in [0.15, 0.2) is 0 Å². The van der Waals surface area contributed by atoms with Crippen LogP contribution < -0.4 is 0 Å². The normalized spacial score (nSPS) is 21.6. The SMILES string of the molecule is COC(=O)C1CC(O)CN1C(=O)OC(C)(C)C.COC(=O)C1CC(OCCOS(=O)(=O)c2ccc(C)cc2)C(=O)N1C(=O)OC(C)(C)C.COC(=O)C1CC(OCC[18F])C(=O)N1C(=O)OC(C)(C)C. The van der Waals surface area contributed by atoms with Crippen LogP contribution in [0.25, 0.3) is 0 Å². The van der Waals surface area contributed by atoms with Crippen molar-refractivity contribution in [1.82, 2.24) is 14.7 Å². The molecule has 0 saturated carbocycles. The lowest BCUT2D eigenvalue weighted by Crippen LogP contribution is -2.46. The van der Waals surface area contributed by atoms with Gasteiger partial charge in [-0.15, -0.1) is 0 Å². The fourth-order valence-electron chi connectivity index (χ4n) is 6.44. The fraction of sp³-hybridized carbons (Fsp3) is 0.682. The Balaban J connectivity index is 0.000000375. The number of hydrogen-bond acceptors (Lipinski definition) is 20. The van der Waals surface area contributed by atoms with Crippen LogP contribution in [0.3, 0.4) is 0 Å². The predicted octanol–water partition coefficient (Wildman–Crippen LogP) is 3.37. The van der Waals surface area contributed by atoms with Gasteiger partial charge in [-0.05, 0) is 81.4 Å². The number of nitrogens with zero attached hydrogens (tertiary/aromatic N) is 3. The number of β-amino-alcohol motifs (C(OH)–C–C–N with tert-alkyl or cyclic N) is 1. The first-order valence-electron chi connectivity index (χ1n) is 21.6. The van der Waals surface area contributed by atoms with Crippen LogP contribution in [0.1, 0.15) is 87.1 Å². The molecule has 0 aromatic heterocycles. The molecular formula is C44H66FN3O20S. The predicted molar refractivity (Wildman–Crippen MR) is 236 cm³/mol. The molecule has 0 spiro atoms. The van der Waals surface area contributed by atoms with E-state index < -0.39 is 118 Å². The monoisotopic (exact) mass is 1010 g/mol. The van der Waals surface area contributed by atoms with Crippen molar-refractivity contribution in [2.45, 2.75) is 147 Å². The molecule has 3 heterocycles. The van der Waals surface area contributed by atoms with Crippen LogP contribution in [0.4, 0.5) is 18.8 Å². The second-order valence-corrected chi connectivity index (χ2v) is 20.1. The van der Waals surface area contributed by atoms with E-state index in [0.29, 0.717) is 9.80 Å². The second-order valence-electron chi connectivity index (χ2n) is 18.5. The number of benzene rings is 1. The highest BCUT2D eigenvalue weighted by molar-refractivity contribution is 7.86. The van der Waals surface area contributed by atoms with Crippen LogP contribution >= 0.6 is 0 Å². The molecule has 5 amide bonds. The number of ether oxygens (including phenoxy) is 8. The van der Waals surface area contributed by atoms with Gasteiger partial charge >= 0.3 is 36.2 Å². The van der Waals surface area contributed by atoms with Gasteiger partial charge < -0.3 is 43.0 Å². The zero-order valence-corrected chi connectivity index (χ0v) is 42.1. The summed E-state index contributed by atoms with van der Waals surface area (Å²) in [5.74, 6) is -3.57. The van der Waals surface area contributed by atoms with Gasteiger partial charge in [-0.25, -0.2) is 43.0 Å². The van der Waals surface area contributed by atoms with E-state index in [1.807, 2.05) is 6.92 Å². The molecule has 23 nitrogen and oxygen atoms in total. The maximum Gasteiger partial charge on any atom is 0.417 e. The number of esters is 3. The lowest BCUT2D eigenvalue weighted by molar-refractivity contribution is -0.149. The molecule has 390 valence electrons. The van der Waals surface area contributed by atoms with Gasteiger partial charge in [0.25, 0.3) is 21.9 Å². The zero-order valence-electron chi connectivity index (χ0n) is 41.3. The van der Waals surface area contributed by atoms with Gasteiger partial charge in [-0.1, -0.05) is 17.7 Å². The smallest absolute Gasteiger partial charge is 0.417 e. The summed E-state index contributed by atoms with van der Waals surface area (Å²) in [6.07, 6.45) is -5.51. The van der Waals surface area contributed by atoms with Gasteiger partial charge in [0.2, 0.25) is 0 Å². The van der Waals surface area contributed by atoms with Crippen molar-refractivity contribution in [3.05, 3.63) is 29.8 Å². The minimum absolute atomic E-state index is 0.00287. The highest BCUT2D eigenvalue weighted by Gasteiger charge is 2.51. The quantitative estimate of drug-likeness (QED) is 0.136. The molecule has 6 unspecified atom stereocenters. The summed E-state index contributed by atoms with van der Waals surface area (Å²) in [6.45, 7) is 15.3. The molecule has 1 N–H and O–H groups in total. The highest BCUT2D eigenvalue weighted by atomic mass is 32.2. The van der Waals surface area contributed by atoms with Crippen molar-refractivity contribution < 1.29 is 98.3 Å². The molecule has 1 aromatic rings. The topological polar surface area (TPSA) is 284 Å². The molecule has 25 heteroatoms. The van der Waals surface area contributed by atoms with Crippen LogP contribution in [0.2, 0.25) is 0 Å². The van der Waals surface area contributed by atoms with Crippen molar-refractivity contribution in [3.63, 3.8) is 0 Å². The Morgan fingerprint density at radius 2 is 1.01 bits per heavy atom. The fourth-order valence-corrected chi connectivity index (χ4v) is 7.33. The third-order valence-corrected chi connectivity index (χ3v) is 10.7. The Labute approximate surface area is 401 Å². The van der Waals surface area contributed by atoms with Crippen molar-refractivity contribution in [1.29, 1.82) is 0 Å². The van der Waals surface area contributed by atoms with E-state index in [1.54, 1.807) is 74.4 Å². The van der Waals surface area contributed by atoms with Gasteiger partial charge in [-0.2, -0.15) is 8.42 Å². The average molecular weight is 1010 g/mol. The standard InChI is InChI=1S/C20H27NO9S.C13H20FNO6.C11H19NO5/c1-13-6-8-14(9-7-13)31(25,26)29-11-10-28-16-12-15(18(23)27-5)21(17(16)22)19(24)30-20(2,3)4;1-13(2,3)21-12(18)15-8(11(17)19-4)7-9(10(15)16)20-6-5-14;1-11(2,3)17-10(15)12-6-7(13)5-8(12)9(14)16-4/h6-9,15-16H,10-12H2,1-5H3;8-9H,5-7H2,1-4H3;7-8,13H,5-6H2,1-4H3/i;14-1;. The number of halogens is 1. The number of carbonyl (C=O) groups excluding carboxylic acids is 8. The van der Waals surface area contributed by atoms with E-state index in [0.717, 1.165) is 19.8 Å². The van der Waals surface area contributed by atoms with Crippen molar-refractivity contribution >= 4 is 58.1 Å². The van der Waals surface area contributed by atoms with Crippen LogP contribution in [0.5, 0.6) is 0 Å². The van der Waals surface area contributed by atoms with E-state index in [1.165, 1.54) is 24.1 Å². The van der Waals surface area contributed by atoms with E-state index in [-0.39, 0.29) is 50.5 Å². The largest absolute Gasteiger partial charge is 0.467 e. The number of imide groups is 2. The number of likely N-dealkylation sites (tertiary alicyclic amines) is 3. The van der Waals surface area contributed by atoms with Crippen LogP contribution in [-0.4, -0.2) is 184 Å². The Morgan fingerprint density at radius 1 is 0.623 bits per heavy atom. The summed E-state index contributed by atoms with van der Waals surface area (Å²) < 4.78 is 81.1. The Bertz CT molecular complexity index is 2080. The first kappa shape index (κ1) is 59.6. The molecule has 0 bridgehead atoms. The summed E-state index contributed by atoms with van der Waals surface area (Å²) in [6, 6.07) is 3.04. The van der Waals surface area contributed by atoms with Crippen LogP contribution in [0, 0.1) is 6.92 Å². The minimum Gasteiger partial charge on any atom is -0.467 e. The summed E-state index contributed by atoms with van der Waals surface area (Å²) in [5.41, 5.74) is -1.44. The molecule has 3 fully saturated rings. The van der Waals surface area contributed by atoms with Crippen molar-refractivity contribution in [2.24, 2.45) is 0 Å². The molecule has 3 aliphatic heterocycles. The Kier molecular flexibility index (Phi) is 21.9. The molecule has 4 rings (SSSR count). The molecule has 69 heavy (non-hydrogen) atoms. The number of hydrogen-bond donors (Lipinski definition) is 1. The summed E-state index contributed by atoms with van der Waals surface area (Å²) in [5, 5.41) is 9.50. The number of aliphatic hydroxyl groups is 1. The highest BCUT2D eigenvalue weighted by Crippen LogP contribution is 2.28. The van der Waals surface area contributed by atoms with Crippen LogP contribution in [0.15, 0.2) is 29.2 Å². The number of alkyl halides is 1. The summed E-state index contributed by atoms with van der Waals surface area (Å²) in [4.78, 5) is 98.8. The van der Waals surface area contributed by atoms with E-state index in [2.05, 4.69) is 14.2 Å². The molecule has 0 aliphatic carbocycles. The summed E-state index contributed by atoms with van der Waals surface area (Å²) in [7, 11) is -0.447. The number of aryl methyl sites for hydroxylation is 1. The lowest BCUT2D eigenvalue weighted by Gasteiger charge is -2.27. The third-order valence-electron chi connectivity index (χ3n) is 9.38. The maximum absolute atomic E-state index is 12.6. The third kappa shape index (κ3) is 18.4. The second kappa shape index (κ2) is 25.4. The van der Waals surface area contributed by atoms with Gasteiger partial charge in [-0.3, -0.25) is 18.7 Å². The lowest BCUT2D eigenvalue weighted by atomic mass is 10.2. The average Bonchev–Trinajstić information content (AvgIpc) is 3.91. The first-order chi connectivity index (χ1) is 31.8. The molecule has 3 saturated heterocycles. The first-order valence-corrected chi connectivity index (χ1v) is 23.0. The minimum atomic E-state index is -3.98. The number of amides is 5. The van der Waals surface area contributed by atoms with E-state index >= 15 is 0 Å². The number of aliphatic hydroxyl groups excluding tert-OH is 1. The Morgan fingerprint density at radius 3 is 1.41 bits per heavy atom. The van der Waals surface area contributed by atoms with Gasteiger partial charge in [0.1, 0.15) is 53.8 Å². The number of rotatable bonds is 12. The molecular weight excluding hydrogens is 941 g/mol. The van der Waals surface area contributed by atoms with Crippen LogP contribution in [-0.2, 0) is 76.2 Å². The number of methoxy groups -OCH3 is 3. The zero-order chi connectivity index (χ0) is 52.8. The van der Waals surface area contributed by atoms with Crippen molar-refractivity contribution in [3.8, 4) is 0 Å². The molecule has 3 aliphatic rings. The van der Waals surface area contributed by atoms with E-state index in [4.69, 9.17) is 27.9 Å². The Hall–Kier alpha value is -5.50. The van der Waals surface area contributed by atoms with Gasteiger partial charge in [0, 0.05) is 19.3 Å². The van der Waals surface area contributed by atoms with Crippen molar-refractivity contribution in [2.75, 3.05) is 54.4 Å². The molecule has 0 radical (unpaired) electrons. The van der Waals surface area contributed by atoms with Gasteiger partial charge in [0.05, 0.1) is 58.7 Å². The molecule has 1 aromatic carbocycles.